The first-order valence-electron chi connectivity index (χ1n) is 7.34. The summed E-state index contributed by atoms with van der Waals surface area (Å²) in [5.74, 6) is -0.704. The van der Waals surface area contributed by atoms with Crippen molar-refractivity contribution in [3.8, 4) is 5.75 Å². The summed E-state index contributed by atoms with van der Waals surface area (Å²) < 4.78 is 2.54. The van der Waals surface area contributed by atoms with Gasteiger partial charge in [0.15, 0.2) is 0 Å². The minimum absolute atomic E-state index is 0.0284. The van der Waals surface area contributed by atoms with E-state index in [1.54, 1.807) is 18.3 Å². The van der Waals surface area contributed by atoms with E-state index in [9.17, 15) is 9.90 Å². The van der Waals surface area contributed by atoms with E-state index in [2.05, 4.69) is 22.9 Å². The summed E-state index contributed by atoms with van der Waals surface area (Å²) in [6.45, 7) is 2.11. The molecule has 0 radical (unpaired) electrons. The molecule has 1 unspecified atom stereocenters. The largest absolute Gasteiger partial charge is 0.506 e. The van der Waals surface area contributed by atoms with Crippen molar-refractivity contribution in [3.63, 3.8) is 0 Å². The third-order valence-corrected chi connectivity index (χ3v) is 5.00. The second-order valence-electron chi connectivity index (χ2n) is 5.45. The lowest BCUT2D eigenvalue weighted by atomic mass is 10.1. The summed E-state index contributed by atoms with van der Waals surface area (Å²) in [6, 6.07) is 3.33. The first-order chi connectivity index (χ1) is 10.4. The topological polar surface area (TPSA) is 62.5 Å². The molecule has 1 aromatic heterocycles. The number of aromatic hydroxyl groups is 1. The van der Waals surface area contributed by atoms with Gasteiger partial charge in [-0.25, -0.2) is 0 Å². The summed E-state index contributed by atoms with van der Waals surface area (Å²) in [5, 5.41) is 20.5. The van der Waals surface area contributed by atoms with Crippen molar-refractivity contribution < 1.29 is 15.0 Å². The highest BCUT2D eigenvalue weighted by molar-refractivity contribution is 9.10. The zero-order chi connectivity index (χ0) is 16.3. The van der Waals surface area contributed by atoms with Crippen molar-refractivity contribution in [2.24, 2.45) is 0 Å². The Kier molecular flexibility index (Phi) is 5.75. The third-order valence-electron chi connectivity index (χ3n) is 3.80. The Hall–Kier alpha value is -1.20. The molecule has 22 heavy (non-hydrogen) atoms. The third kappa shape index (κ3) is 3.76. The second-order valence-corrected chi connectivity index (χ2v) is 6.71. The van der Waals surface area contributed by atoms with Crippen LogP contribution in [0.4, 0.5) is 0 Å². The maximum Gasteiger partial charge on any atom is 0.305 e. The molecular formula is C16H19BrClNO3. The molecule has 1 atom stereocenters. The standard InChI is InChI=1S/C16H19BrClNO3/c1-2-3-4-5-10(6-16(21)22)19-9-15(20)11-7-12(17)13(18)8-14(11)19/h7-10,20H,2-6H2,1H3,(H,21,22). The zero-order valence-electron chi connectivity index (χ0n) is 12.4. The Morgan fingerprint density at radius 1 is 1.41 bits per heavy atom. The maximum atomic E-state index is 11.2. The van der Waals surface area contributed by atoms with E-state index >= 15 is 0 Å². The fourth-order valence-corrected chi connectivity index (χ4v) is 3.20. The van der Waals surface area contributed by atoms with Crippen LogP contribution in [0.2, 0.25) is 5.02 Å². The number of halogens is 2. The molecule has 0 aliphatic carbocycles. The van der Waals surface area contributed by atoms with Gasteiger partial charge in [0.2, 0.25) is 0 Å². The Morgan fingerprint density at radius 2 is 2.14 bits per heavy atom. The van der Waals surface area contributed by atoms with E-state index in [0.29, 0.717) is 14.9 Å². The first kappa shape index (κ1) is 17.2. The number of unbranched alkanes of at least 4 members (excludes halogenated alkanes) is 2. The number of carboxylic acid groups (broad SMARTS) is 1. The number of benzene rings is 1. The van der Waals surface area contributed by atoms with Gasteiger partial charge >= 0.3 is 5.97 Å². The summed E-state index contributed by atoms with van der Waals surface area (Å²) in [5.41, 5.74) is 0.758. The molecule has 0 spiro atoms. The van der Waals surface area contributed by atoms with Crippen LogP contribution in [0.5, 0.6) is 5.75 Å². The molecular weight excluding hydrogens is 370 g/mol. The highest BCUT2D eigenvalue weighted by Gasteiger charge is 2.19. The SMILES string of the molecule is CCCCCC(CC(=O)O)n1cc(O)c2cc(Br)c(Cl)cc21. The van der Waals surface area contributed by atoms with E-state index in [0.717, 1.165) is 31.2 Å². The molecule has 1 heterocycles. The van der Waals surface area contributed by atoms with Crippen LogP contribution in [0.15, 0.2) is 22.8 Å². The monoisotopic (exact) mass is 387 g/mol. The molecule has 0 aliphatic rings. The van der Waals surface area contributed by atoms with Crippen LogP contribution in [0, 0.1) is 0 Å². The van der Waals surface area contributed by atoms with Crippen LogP contribution in [-0.2, 0) is 4.79 Å². The zero-order valence-corrected chi connectivity index (χ0v) is 14.7. The Morgan fingerprint density at radius 3 is 2.77 bits per heavy atom. The predicted octanol–water partition coefficient (Wildman–Crippen LogP) is 5.36. The van der Waals surface area contributed by atoms with E-state index < -0.39 is 5.97 Å². The molecule has 2 rings (SSSR count). The van der Waals surface area contributed by atoms with Gasteiger partial charge in [0.25, 0.3) is 0 Å². The summed E-state index contributed by atoms with van der Waals surface area (Å²) >= 11 is 9.49. The lowest BCUT2D eigenvalue weighted by molar-refractivity contribution is -0.137. The maximum absolute atomic E-state index is 11.2. The molecule has 0 aliphatic heterocycles. The van der Waals surface area contributed by atoms with E-state index in [-0.39, 0.29) is 18.2 Å². The average molecular weight is 389 g/mol. The van der Waals surface area contributed by atoms with E-state index in [1.165, 1.54) is 0 Å². The number of hydrogen-bond donors (Lipinski definition) is 2. The van der Waals surface area contributed by atoms with E-state index in [4.69, 9.17) is 16.7 Å². The van der Waals surface area contributed by atoms with Gasteiger partial charge < -0.3 is 14.8 Å². The number of nitrogens with zero attached hydrogens (tertiary/aromatic N) is 1. The summed E-state index contributed by atoms with van der Waals surface area (Å²) in [7, 11) is 0. The predicted molar refractivity (Wildman–Crippen MR) is 91.7 cm³/mol. The van der Waals surface area contributed by atoms with Crippen LogP contribution < -0.4 is 0 Å². The number of rotatable bonds is 7. The van der Waals surface area contributed by atoms with E-state index in [1.807, 2.05) is 4.57 Å². The van der Waals surface area contributed by atoms with Crippen molar-refractivity contribution in [3.05, 3.63) is 27.8 Å². The highest BCUT2D eigenvalue weighted by Crippen LogP contribution is 2.37. The Labute approximate surface area is 142 Å². The van der Waals surface area contributed by atoms with Crippen LogP contribution in [-0.4, -0.2) is 20.7 Å². The number of aliphatic carboxylic acids is 1. The van der Waals surface area contributed by atoms with Gasteiger partial charge in [0, 0.05) is 22.1 Å². The Balaban J connectivity index is 2.43. The van der Waals surface area contributed by atoms with Gasteiger partial charge in [0.05, 0.1) is 17.0 Å². The van der Waals surface area contributed by atoms with Crippen molar-refractivity contribution in [2.75, 3.05) is 0 Å². The average Bonchev–Trinajstić information content (AvgIpc) is 2.75. The van der Waals surface area contributed by atoms with Gasteiger partial charge in [-0.15, -0.1) is 0 Å². The van der Waals surface area contributed by atoms with Crippen molar-refractivity contribution in [1.29, 1.82) is 0 Å². The molecule has 6 heteroatoms. The molecule has 0 amide bonds. The molecule has 0 saturated heterocycles. The van der Waals surface area contributed by atoms with Gasteiger partial charge in [-0.3, -0.25) is 4.79 Å². The quantitative estimate of drug-likeness (QED) is 0.628. The lowest BCUT2D eigenvalue weighted by Gasteiger charge is -2.18. The minimum atomic E-state index is -0.842. The van der Waals surface area contributed by atoms with Crippen molar-refractivity contribution >= 4 is 44.4 Å². The highest BCUT2D eigenvalue weighted by atomic mass is 79.9. The van der Waals surface area contributed by atoms with Crippen LogP contribution in [0.1, 0.15) is 45.1 Å². The van der Waals surface area contributed by atoms with Gasteiger partial charge in [-0.1, -0.05) is 37.8 Å². The van der Waals surface area contributed by atoms with Gasteiger partial charge in [0.1, 0.15) is 5.75 Å². The first-order valence-corrected chi connectivity index (χ1v) is 8.51. The smallest absolute Gasteiger partial charge is 0.305 e. The number of aromatic nitrogens is 1. The molecule has 1 aromatic carbocycles. The molecule has 120 valence electrons. The number of hydrogen-bond acceptors (Lipinski definition) is 2. The fraction of sp³-hybridized carbons (Fsp3) is 0.438. The summed E-state index contributed by atoms with van der Waals surface area (Å²) in [4.78, 5) is 11.2. The van der Waals surface area contributed by atoms with Gasteiger partial charge in [-0.2, -0.15) is 0 Å². The minimum Gasteiger partial charge on any atom is -0.506 e. The molecule has 2 N–H and O–H groups in total. The van der Waals surface area contributed by atoms with Crippen LogP contribution >= 0.6 is 27.5 Å². The molecule has 0 fully saturated rings. The number of carboxylic acids is 1. The normalized spacial score (nSPS) is 12.7. The number of carbonyl (C=O) groups is 1. The molecule has 0 bridgehead atoms. The second kappa shape index (κ2) is 7.38. The van der Waals surface area contributed by atoms with Crippen LogP contribution in [0.3, 0.4) is 0 Å². The molecule has 4 nitrogen and oxygen atoms in total. The van der Waals surface area contributed by atoms with Crippen LogP contribution in [0.25, 0.3) is 10.9 Å². The van der Waals surface area contributed by atoms with Crippen molar-refractivity contribution in [2.45, 2.75) is 45.1 Å². The lowest BCUT2D eigenvalue weighted by Crippen LogP contribution is -2.13. The van der Waals surface area contributed by atoms with Crippen molar-refractivity contribution in [1.82, 2.24) is 4.57 Å². The molecule has 2 aromatic rings. The fourth-order valence-electron chi connectivity index (χ4n) is 2.70. The Bertz CT molecular complexity index is 684. The summed E-state index contributed by atoms with van der Waals surface area (Å²) in [6.07, 6.45) is 5.49. The molecule has 0 saturated carbocycles. The number of fused-ring (bicyclic) bond motifs is 1. The van der Waals surface area contributed by atoms with Gasteiger partial charge in [-0.05, 0) is 34.5 Å².